The summed E-state index contributed by atoms with van der Waals surface area (Å²) < 4.78 is 28.5. The van der Waals surface area contributed by atoms with Crippen LogP contribution in [0.2, 0.25) is 5.02 Å². The highest BCUT2D eigenvalue weighted by molar-refractivity contribution is 6.30. The van der Waals surface area contributed by atoms with Crippen LogP contribution in [-0.2, 0) is 7.05 Å². The Labute approximate surface area is 134 Å². The van der Waals surface area contributed by atoms with Crippen molar-refractivity contribution in [2.24, 2.45) is 12.1 Å². The monoisotopic (exact) mass is 343 g/mol. The second-order valence-electron chi connectivity index (χ2n) is 4.72. The van der Waals surface area contributed by atoms with Gasteiger partial charge in [-0.3, -0.25) is 15.5 Å². The van der Waals surface area contributed by atoms with Crippen molar-refractivity contribution in [1.29, 1.82) is 0 Å². The van der Waals surface area contributed by atoms with Crippen LogP contribution in [0.4, 0.5) is 20.3 Å². The van der Waals surface area contributed by atoms with Gasteiger partial charge in [-0.1, -0.05) is 11.6 Å². The maximum Gasteiger partial charge on any atom is 0.335 e. The van der Waals surface area contributed by atoms with Crippen molar-refractivity contribution >= 4 is 28.8 Å². The van der Waals surface area contributed by atoms with Crippen LogP contribution in [0.25, 0.3) is 0 Å². The second kappa shape index (κ2) is 6.29. The van der Waals surface area contributed by atoms with E-state index in [4.69, 9.17) is 11.6 Å². The molecule has 0 aliphatic heterocycles. The first-order chi connectivity index (χ1) is 10.7. The van der Waals surface area contributed by atoms with Crippen LogP contribution in [0, 0.1) is 28.7 Å². The molecule has 1 aromatic carbocycles. The summed E-state index contributed by atoms with van der Waals surface area (Å²) in [7, 11) is 1.50. The molecule has 0 amide bonds. The van der Waals surface area contributed by atoms with Gasteiger partial charge < -0.3 is 0 Å². The molecule has 1 heterocycles. The van der Waals surface area contributed by atoms with Crippen molar-refractivity contribution in [3.63, 3.8) is 0 Å². The standard InChI is InChI=1S/C13H12ClF2N5O2/c1-6(8-4-11(16)9(14)5-10(8)15)17-18-13-12(21(22)23)7(2)19-20(13)3/h4-5,18H,1-3H3. The van der Waals surface area contributed by atoms with E-state index in [1.54, 1.807) is 0 Å². The molecule has 1 N–H and O–H groups in total. The minimum atomic E-state index is -0.792. The zero-order valence-electron chi connectivity index (χ0n) is 12.4. The summed E-state index contributed by atoms with van der Waals surface area (Å²) in [5.41, 5.74) is 2.41. The average Bonchev–Trinajstić information content (AvgIpc) is 2.74. The Hall–Kier alpha value is -2.55. The number of benzene rings is 1. The van der Waals surface area contributed by atoms with E-state index in [0.717, 1.165) is 12.1 Å². The van der Waals surface area contributed by atoms with Gasteiger partial charge >= 0.3 is 5.69 Å². The molecule has 10 heteroatoms. The van der Waals surface area contributed by atoms with Crippen LogP contribution in [0.1, 0.15) is 18.2 Å². The zero-order valence-corrected chi connectivity index (χ0v) is 13.1. The van der Waals surface area contributed by atoms with Gasteiger partial charge in [-0.15, -0.1) is 0 Å². The maximum atomic E-state index is 13.8. The molecule has 2 rings (SSSR count). The summed E-state index contributed by atoms with van der Waals surface area (Å²) in [6.07, 6.45) is 0. The summed E-state index contributed by atoms with van der Waals surface area (Å²) in [6, 6.07) is 1.74. The highest BCUT2D eigenvalue weighted by Crippen LogP contribution is 2.27. The first-order valence-electron chi connectivity index (χ1n) is 6.35. The average molecular weight is 344 g/mol. The number of hydrazone groups is 1. The van der Waals surface area contributed by atoms with Gasteiger partial charge in [-0.2, -0.15) is 10.2 Å². The smallest absolute Gasteiger partial charge is 0.258 e. The molecule has 0 saturated carbocycles. The lowest BCUT2D eigenvalue weighted by Gasteiger charge is -2.06. The largest absolute Gasteiger partial charge is 0.335 e. The van der Waals surface area contributed by atoms with E-state index in [-0.39, 0.29) is 33.5 Å². The Balaban J connectivity index is 2.38. The van der Waals surface area contributed by atoms with E-state index in [9.17, 15) is 18.9 Å². The van der Waals surface area contributed by atoms with Gasteiger partial charge in [-0.25, -0.2) is 13.5 Å². The summed E-state index contributed by atoms with van der Waals surface area (Å²) >= 11 is 5.49. The molecular weight excluding hydrogens is 332 g/mol. The van der Waals surface area contributed by atoms with Crippen molar-refractivity contribution in [3.05, 3.63) is 50.2 Å². The van der Waals surface area contributed by atoms with Gasteiger partial charge in [-0.05, 0) is 26.0 Å². The summed E-state index contributed by atoms with van der Waals surface area (Å²) in [6.45, 7) is 2.90. The van der Waals surface area contributed by atoms with Crippen LogP contribution in [0.5, 0.6) is 0 Å². The van der Waals surface area contributed by atoms with Crippen molar-refractivity contribution in [1.82, 2.24) is 9.78 Å². The number of hydrogen-bond acceptors (Lipinski definition) is 5. The summed E-state index contributed by atoms with van der Waals surface area (Å²) in [4.78, 5) is 10.4. The van der Waals surface area contributed by atoms with Crippen LogP contribution >= 0.6 is 11.6 Å². The fraction of sp³-hybridized carbons (Fsp3) is 0.231. The van der Waals surface area contributed by atoms with Crippen LogP contribution < -0.4 is 5.43 Å². The Morgan fingerprint density at radius 2 is 2.09 bits per heavy atom. The molecule has 7 nitrogen and oxygen atoms in total. The lowest BCUT2D eigenvalue weighted by molar-refractivity contribution is -0.384. The predicted molar refractivity (Wildman–Crippen MR) is 81.8 cm³/mol. The van der Waals surface area contributed by atoms with Crippen LogP contribution in [0.15, 0.2) is 17.2 Å². The van der Waals surface area contributed by atoms with E-state index in [1.807, 2.05) is 0 Å². The molecule has 23 heavy (non-hydrogen) atoms. The number of anilines is 1. The topological polar surface area (TPSA) is 85.3 Å². The lowest BCUT2D eigenvalue weighted by Crippen LogP contribution is -2.06. The quantitative estimate of drug-likeness (QED) is 0.399. The van der Waals surface area contributed by atoms with Gasteiger partial charge in [0.15, 0.2) is 0 Å². The third-order valence-electron chi connectivity index (χ3n) is 3.10. The van der Waals surface area contributed by atoms with E-state index in [0.29, 0.717) is 0 Å². The van der Waals surface area contributed by atoms with Crippen molar-refractivity contribution in [3.8, 4) is 0 Å². The molecule has 0 spiro atoms. The molecule has 0 fully saturated rings. The molecule has 0 aliphatic rings. The molecule has 0 unspecified atom stereocenters. The molecule has 122 valence electrons. The Morgan fingerprint density at radius 1 is 1.43 bits per heavy atom. The van der Waals surface area contributed by atoms with Gasteiger partial charge in [0.1, 0.15) is 17.3 Å². The van der Waals surface area contributed by atoms with Gasteiger partial charge in [0.25, 0.3) is 0 Å². The van der Waals surface area contributed by atoms with Crippen molar-refractivity contribution in [2.75, 3.05) is 5.43 Å². The first kappa shape index (κ1) is 16.8. The number of hydrogen-bond donors (Lipinski definition) is 1. The predicted octanol–water partition coefficient (Wildman–Crippen LogP) is 3.40. The number of halogens is 3. The van der Waals surface area contributed by atoms with E-state index < -0.39 is 16.6 Å². The Bertz CT molecular complexity index is 819. The lowest BCUT2D eigenvalue weighted by atomic mass is 10.1. The maximum absolute atomic E-state index is 13.8. The molecular formula is C13H12ClF2N5O2. The minimum absolute atomic E-state index is 0.0293. The number of nitrogens with zero attached hydrogens (tertiary/aromatic N) is 4. The van der Waals surface area contributed by atoms with E-state index in [1.165, 1.54) is 25.6 Å². The van der Waals surface area contributed by atoms with Gasteiger partial charge in [0.2, 0.25) is 5.82 Å². The number of aromatic nitrogens is 2. The van der Waals surface area contributed by atoms with Gasteiger partial charge in [0, 0.05) is 12.6 Å². The van der Waals surface area contributed by atoms with Crippen molar-refractivity contribution < 1.29 is 13.7 Å². The second-order valence-corrected chi connectivity index (χ2v) is 5.13. The number of rotatable bonds is 4. The summed E-state index contributed by atoms with van der Waals surface area (Å²) in [5.74, 6) is -1.52. The summed E-state index contributed by atoms with van der Waals surface area (Å²) in [5, 5.41) is 18.5. The Morgan fingerprint density at radius 3 is 2.70 bits per heavy atom. The molecule has 2 aromatic rings. The number of nitro groups is 1. The van der Waals surface area contributed by atoms with Crippen LogP contribution in [-0.4, -0.2) is 20.4 Å². The first-order valence-corrected chi connectivity index (χ1v) is 6.73. The molecule has 0 atom stereocenters. The third-order valence-corrected chi connectivity index (χ3v) is 3.39. The Kier molecular flexibility index (Phi) is 4.60. The minimum Gasteiger partial charge on any atom is -0.258 e. The normalized spacial score (nSPS) is 11.7. The third kappa shape index (κ3) is 3.29. The van der Waals surface area contributed by atoms with Crippen molar-refractivity contribution in [2.45, 2.75) is 13.8 Å². The number of nitrogens with one attached hydrogen (secondary N) is 1. The highest BCUT2D eigenvalue weighted by Gasteiger charge is 2.24. The number of aryl methyl sites for hydroxylation is 2. The van der Waals surface area contributed by atoms with E-state index >= 15 is 0 Å². The molecule has 0 radical (unpaired) electrons. The zero-order chi connectivity index (χ0) is 17.3. The SMILES string of the molecule is CC(=NNc1c([N+](=O)[O-])c(C)nn1C)c1cc(F)c(Cl)cc1F. The molecule has 0 aliphatic carbocycles. The van der Waals surface area contributed by atoms with Gasteiger partial charge in [0.05, 0.1) is 15.7 Å². The van der Waals surface area contributed by atoms with E-state index in [2.05, 4.69) is 15.6 Å². The van der Waals surface area contributed by atoms with Crippen LogP contribution in [0.3, 0.4) is 0 Å². The fourth-order valence-corrected chi connectivity index (χ4v) is 2.14. The fourth-order valence-electron chi connectivity index (χ4n) is 1.99. The molecule has 0 saturated heterocycles. The molecule has 0 bridgehead atoms. The molecule has 1 aromatic heterocycles. The highest BCUT2D eigenvalue weighted by atomic mass is 35.5.